The largest absolute Gasteiger partial charge is 0.313 e. The summed E-state index contributed by atoms with van der Waals surface area (Å²) < 4.78 is 15.6. The van der Waals surface area contributed by atoms with Gasteiger partial charge in [-0.05, 0) is 45.5 Å². The molecule has 2 aromatic rings. The van der Waals surface area contributed by atoms with Gasteiger partial charge in [-0.15, -0.1) is 0 Å². The van der Waals surface area contributed by atoms with E-state index in [9.17, 15) is 4.39 Å². The van der Waals surface area contributed by atoms with E-state index >= 15 is 0 Å². The molecule has 0 amide bonds. The molecule has 4 nitrogen and oxygen atoms in total. The lowest BCUT2D eigenvalue weighted by molar-refractivity contribution is 0.593. The van der Waals surface area contributed by atoms with Crippen molar-refractivity contribution in [2.24, 2.45) is 0 Å². The normalized spacial score (nSPS) is 12.7. The number of hydrogen-bond acceptors (Lipinski definition) is 3. The first-order valence-electron chi connectivity index (χ1n) is 5.90. The highest BCUT2D eigenvalue weighted by molar-refractivity contribution is 5.37. The molecule has 96 valence electrons. The van der Waals surface area contributed by atoms with Crippen molar-refractivity contribution < 1.29 is 4.39 Å². The minimum atomic E-state index is -0.289. The van der Waals surface area contributed by atoms with E-state index in [1.165, 1.54) is 10.7 Å². The fourth-order valence-corrected chi connectivity index (χ4v) is 1.88. The summed E-state index contributed by atoms with van der Waals surface area (Å²) in [6, 6.07) is 5.29. The number of benzene rings is 1. The van der Waals surface area contributed by atoms with Crippen LogP contribution in [0.15, 0.2) is 18.2 Å². The molecule has 0 aliphatic carbocycles. The van der Waals surface area contributed by atoms with E-state index in [1.54, 1.807) is 13.0 Å². The number of rotatable bonds is 3. The molecule has 0 bridgehead atoms. The van der Waals surface area contributed by atoms with E-state index in [-0.39, 0.29) is 11.9 Å². The lowest BCUT2D eigenvalue weighted by atomic mass is 10.1. The molecule has 0 saturated heterocycles. The molecule has 0 radical (unpaired) electrons. The summed E-state index contributed by atoms with van der Waals surface area (Å²) in [4.78, 5) is 4.18. The summed E-state index contributed by atoms with van der Waals surface area (Å²) in [5, 5.41) is 7.27. The van der Waals surface area contributed by atoms with Crippen LogP contribution in [-0.2, 0) is 0 Å². The SMILES string of the molecule is CNC(C)c1ccc(-n2nc(C)nc2C)c(F)c1. The molecule has 1 atom stereocenters. The van der Waals surface area contributed by atoms with Crippen molar-refractivity contribution in [3.63, 3.8) is 0 Å². The third-order valence-electron chi connectivity index (χ3n) is 3.01. The number of aromatic nitrogens is 3. The molecule has 1 heterocycles. The van der Waals surface area contributed by atoms with Crippen LogP contribution >= 0.6 is 0 Å². The number of nitrogens with one attached hydrogen (secondary N) is 1. The molecule has 1 unspecified atom stereocenters. The van der Waals surface area contributed by atoms with Gasteiger partial charge in [0.25, 0.3) is 0 Å². The van der Waals surface area contributed by atoms with E-state index in [2.05, 4.69) is 15.4 Å². The van der Waals surface area contributed by atoms with Gasteiger partial charge in [0.1, 0.15) is 23.2 Å². The van der Waals surface area contributed by atoms with E-state index in [4.69, 9.17) is 0 Å². The molecular formula is C13H17FN4. The van der Waals surface area contributed by atoms with Gasteiger partial charge >= 0.3 is 0 Å². The molecule has 0 saturated carbocycles. The second kappa shape index (κ2) is 4.86. The van der Waals surface area contributed by atoms with Crippen molar-refractivity contribution in [2.75, 3.05) is 7.05 Å². The van der Waals surface area contributed by atoms with Crippen molar-refractivity contribution in [1.82, 2.24) is 20.1 Å². The number of aryl methyl sites for hydroxylation is 2. The van der Waals surface area contributed by atoms with Crippen LogP contribution in [0.4, 0.5) is 4.39 Å². The van der Waals surface area contributed by atoms with E-state index in [1.807, 2.05) is 27.0 Å². The van der Waals surface area contributed by atoms with Gasteiger partial charge in [0, 0.05) is 6.04 Å². The molecule has 0 fully saturated rings. The Morgan fingerprint density at radius 1 is 1.33 bits per heavy atom. The van der Waals surface area contributed by atoms with Gasteiger partial charge in [-0.1, -0.05) is 6.07 Å². The Morgan fingerprint density at radius 3 is 2.56 bits per heavy atom. The Bertz CT molecular complexity index is 562. The third kappa shape index (κ3) is 2.26. The molecule has 18 heavy (non-hydrogen) atoms. The van der Waals surface area contributed by atoms with E-state index in [0.717, 1.165) is 5.56 Å². The maximum absolute atomic E-state index is 14.1. The van der Waals surface area contributed by atoms with Crippen LogP contribution in [0.3, 0.4) is 0 Å². The van der Waals surface area contributed by atoms with E-state index < -0.39 is 0 Å². The zero-order valence-electron chi connectivity index (χ0n) is 11.0. The van der Waals surface area contributed by atoms with Crippen molar-refractivity contribution in [1.29, 1.82) is 0 Å². The van der Waals surface area contributed by atoms with Gasteiger partial charge in [0.15, 0.2) is 0 Å². The average Bonchev–Trinajstić information content (AvgIpc) is 2.67. The number of nitrogens with zero attached hydrogens (tertiary/aromatic N) is 3. The highest BCUT2D eigenvalue weighted by Gasteiger charge is 2.12. The molecule has 5 heteroatoms. The Balaban J connectivity index is 2.44. The lowest BCUT2D eigenvalue weighted by Gasteiger charge is -2.12. The van der Waals surface area contributed by atoms with Crippen LogP contribution in [0.1, 0.15) is 30.2 Å². The van der Waals surface area contributed by atoms with Crippen LogP contribution in [0.2, 0.25) is 0 Å². The molecule has 1 aromatic heterocycles. The zero-order chi connectivity index (χ0) is 13.3. The minimum absolute atomic E-state index is 0.118. The van der Waals surface area contributed by atoms with Gasteiger partial charge in [-0.2, -0.15) is 5.10 Å². The first kappa shape index (κ1) is 12.7. The number of halogens is 1. The highest BCUT2D eigenvalue weighted by Crippen LogP contribution is 2.19. The number of hydrogen-bond donors (Lipinski definition) is 1. The van der Waals surface area contributed by atoms with Crippen LogP contribution < -0.4 is 5.32 Å². The van der Waals surface area contributed by atoms with Crippen LogP contribution in [0.25, 0.3) is 5.69 Å². The maximum atomic E-state index is 14.1. The van der Waals surface area contributed by atoms with Gasteiger partial charge < -0.3 is 5.32 Å². The topological polar surface area (TPSA) is 42.7 Å². The Morgan fingerprint density at radius 2 is 2.06 bits per heavy atom. The first-order chi connectivity index (χ1) is 8.52. The lowest BCUT2D eigenvalue weighted by Crippen LogP contribution is -2.13. The monoisotopic (exact) mass is 248 g/mol. The predicted octanol–water partition coefficient (Wildman–Crippen LogP) is 2.30. The van der Waals surface area contributed by atoms with Crippen LogP contribution in [0, 0.1) is 19.7 Å². The highest BCUT2D eigenvalue weighted by atomic mass is 19.1. The van der Waals surface area contributed by atoms with Crippen molar-refractivity contribution in [3.8, 4) is 5.69 Å². The molecule has 0 spiro atoms. The van der Waals surface area contributed by atoms with Crippen LogP contribution in [-0.4, -0.2) is 21.8 Å². The maximum Gasteiger partial charge on any atom is 0.149 e. The second-order valence-electron chi connectivity index (χ2n) is 4.34. The predicted molar refractivity (Wildman–Crippen MR) is 68.3 cm³/mol. The molecule has 1 N–H and O–H groups in total. The van der Waals surface area contributed by atoms with Gasteiger partial charge in [0.05, 0.1) is 0 Å². The van der Waals surface area contributed by atoms with Crippen molar-refractivity contribution >= 4 is 0 Å². The van der Waals surface area contributed by atoms with Crippen molar-refractivity contribution in [2.45, 2.75) is 26.8 Å². The summed E-state index contributed by atoms with van der Waals surface area (Å²) >= 11 is 0. The smallest absolute Gasteiger partial charge is 0.149 e. The summed E-state index contributed by atoms with van der Waals surface area (Å²) in [7, 11) is 1.85. The van der Waals surface area contributed by atoms with Crippen LogP contribution in [0.5, 0.6) is 0 Å². The Hall–Kier alpha value is -1.75. The van der Waals surface area contributed by atoms with E-state index in [0.29, 0.717) is 17.3 Å². The molecule has 0 aliphatic heterocycles. The van der Waals surface area contributed by atoms with Crippen molar-refractivity contribution in [3.05, 3.63) is 41.2 Å². The summed E-state index contributed by atoms with van der Waals surface area (Å²) in [5.74, 6) is 1.03. The average molecular weight is 248 g/mol. The standard InChI is InChI=1S/C13H17FN4/c1-8(15-4)11-5-6-13(12(14)7-11)18-10(3)16-9(2)17-18/h5-8,15H,1-4H3. The fourth-order valence-electron chi connectivity index (χ4n) is 1.88. The van der Waals surface area contributed by atoms with Gasteiger partial charge in [-0.3, -0.25) is 0 Å². The zero-order valence-corrected chi connectivity index (χ0v) is 11.0. The molecular weight excluding hydrogens is 231 g/mol. The van der Waals surface area contributed by atoms with Gasteiger partial charge in [-0.25, -0.2) is 14.1 Å². The Labute approximate surface area is 106 Å². The third-order valence-corrected chi connectivity index (χ3v) is 3.01. The quantitative estimate of drug-likeness (QED) is 0.906. The molecule has 1 aromatic carbocycles. The summed E-state index contributed by atoms with van der Waals surface area (Å²) in [6.07, 6.45) is 0. The van der Waals surface area contributed by atoms with Gasteiger partial charge in [0.2, 0.25) is 0 Å². The summed E-state index contributed by atoms with van der Waals surface area (Å²) in [6.45, 7) is 5.59. The minimum Gasteiger partial charge on any atom is -0.313 e. The Kier molecular flexibility index (Phi) is 3.43. The second-order valence-corrected chi connectivity index (χ2v) is 4.34. The fraction of sp³-hybridized carbons (Fsp3) is 0.385. The summed E-state index contributed by atoms with van der Waals surface area (Å²) in [5.41, 5.74) is 1.34. The first-order valence-corrected chi connectivity index (χ1v) is 5.90. The molecule has 2 rings (SSSR count). The molecule has 0 aliphatic rings.